The summed E-state index contributed by atoms with van der Waals surface area (Å²) in [5.41, 5.74) is 1.28. The standard InChI is InChI=1S/C18H31NO2/c1-14(2)11-12-21-17(13-19-18(3,4)5)15-7-9-16(20-6)10-8-15/h7-10,14,17,19H,11-13H2,1-6H3. The molecule has 0 heterocycles. The molecule has 0 aliphatic carbocycles. The molecule has 0 saturated heterocycles. The van der Waals surface area contributed by atoms with Gasteiger partial charge in [0.1, 0.15) is 5.75 Å². The Kier molecular flexibility index (Phi) is 7.20. The first-order valence-corrected chi connectivity index (χ1v) is 7.82. The van der Waals surface area contributed by atoms with Crippen LogP contribution >= 0.6 is 0 Å². The third-order valence-electron chi connectivity index (χ3n) is 3.32. The van der Waals surface area contributed by atoms with Gasteiger partial charge in [-0.25, -0.2) is 0 Å². The van der Waals surface area contributed by atoms with Crippen LogP contribution in [0.15, 0.2) is 24.3 Å². The Labute approximate surface area is 130 Å². The fraction of sp³-hybridized carbons (Fsp3) is 0.667. The highest BCUT2D eigenvalue weighted by Crippen LogP contribution is 2.21. The van der Waals surface area contributed by atoms with E-state index < -0.39 is 0 Å². The van der Waals surface area contributed by atoms with E-state index in [1.807, 2.05) is 12.1 Å². The van der Waals surface area contributed by atoms with Crippen molar-refractivity contribution in [1.29, 1.82) is 0 Å². The molecule has 0 aromatic heterocycles. The first-order chi connectivity index (χ1) is 9.81. The Morgan fingerprint density at radius 2 is 1.71 bits per heavy atom. The average molecular weight is 293 g/mol. The Morgan fingerprint density at radius 3 is 2.19 bits per heavy atom. The van der Waals surface area contributed by atoms with E-state index in [1.54, 1.807) is 7.11 Å². The molecule has 1 unspecified atom stereocenters. The van der Waals surface area contributed by atoms with E-state index in [0.717, 1.165) is 25.3 Å². The van der Waals surface area contributed by atoms with Crippen molar-refractivity contribution in [3.63, 3.8) is 0 Å². The fourth-order valence-electron chi connectivity index (χ4n) is 1.94. The van der Waals surface area contributed by atoms with Gasteiger partial charge in [-0.2, -0.15) is 0 Å². The van der Waals surface area contributed by atoms with Crippen LogP contribution < -0.4 is 10.1 Å². The average Bonchev–Trinajstić information content (AvgIpc) is 2.41. The minimum atomic E-state index is 0.0777. The first kappa shape index (κ1) is 18.0. The molecule has 3 heteroatoms. The molecular weight excluding hydrogens is 262 g/mol. The highest BCUT2D eigenvalue weighted by Gasteiger charge is 2.16. The lowest BCUT2D eigenvalue weighted by atomic mass is 10.1. The van der Waals surface area contributed by atoms with E-state index >= 15 is 0 Å². The minimum Gasteiger partial charge on any atom is -0.497 e. The molecule has 0 amide bonds. The largest absolute Gasteiger partial charge is 0.497 e. The SMILES string of the molecule is COc1ccc(C(CNC(C)(C)C)OCCC(C)C)cc1. The monoisotopic (exact) mass is 293 g/mol. The van der Waals surface area contributed by atoms with Crippen molar-refractivity contribution in [1.82, 2.24) is 5.32 Å². The highest BCUT2D eigenvalue weighted by molar-refractivity contribution is 5.28. The van der Waals surface area contributed by atoms with Crippen molar-refractivity contribution in [2.45, 2.75) is 52.7 Å². The molecule has 21 heavy (non-hydrogen) atoms. The predicted molar refractivity (Wildman–Crippen MR) is 88.9 cm³/mol. The van der Waals surface area contributed by atoms with Crippen molar-refractivity contribution in [2.24, 2.45) is 5.92 Å². The van der Waals surface area contributed by atoms with Gasteiger partial charge in [0.25, 0.3) is 0 Å². The maximum atomic E-state index is 6.10. The van der Waals surface area contributed by atoms with Crippen molar-refractivity contribution < 1.29 is 9.47 Å². The van der Waals surface area contributed by atoms with Gasteiger partial charge in [0.05, 0.1) is 13.2 Å². The van der Waals surface area contributed by atoms with Crippen LogP contribution in [0.4, 0.5) is 0 Å². The van der Waals surface area contributed by atoms with Crippen molar-refractivity contribution >= 4 is 0 Å². The Morgan fingerprint density at radius 1 is 1.10 bits per heavy atom. The third kappa shape index (κ3) is 7.49. The smallest absolute Gasteiger partial charge is 0.118 e. The number of hydrogen-bond acceptors (Lipinski definition) is 3. The van der Waals surface area contributed by atoms with Crippen LogP contribution in [0.3, 0.4) is 0 Å². The summed E-state index contributed by atoms with van der Waals surface area (Å²) in [5.74, 6) is 1.54. The van der Waals surface area contributed by atoms with E-state index in [1.165, 1.54) is 5.56 Å². The Bertz CT molecular complexity index is 393. The van der Waals surface area contributed by atoms with Gasteiger partial charge in [-0.1, -0.05) is 26.0 Å². The summed E-state index contributed by atoms with van der Waals surface area (Å²) in [7, 11) is 1.69. The molecule has 0 spiro atoms. The maximum Gasteiger partial charge on any atom is 0.118 e. The number of rotatable bonds is 8. The number of benzene rings is 1. The zero-order chi connectivity index (χ0) is 15.9. The third-order valence-corrected chi connectivity index (χ3v) is 3.32. The second-order valence-electron chi connectivity index (χ2n) is 6.95. The van der Waals surface area contributed by atoms with Gasteiger partial charge in [0, 0.05) is 18.7 Å². The van der Waals surface area contributed by atoms with Gasteiger partial charge in [0.15, 0.2) is 0 Å². The normalized spacial score (nSPS) is 13.5. The van der Waals surface area contributed by atoms with Crippen molar-refractivity contribution in [3.05, 3.63) is 29.8 Å². The molecule has 1 rings (SSSR count). The molecule has 1 aromatic rings. The van der Waals surface area contributed by atoms with E-state index in [9.17, 15) is 0 Å². The second kappa shape index (κ2) is 8.40. The lowest BCUT2D eigenvalue weighted by Crippen LogP contribution is -2.39. The van der Waals surface area contributed by atoms with Gasteiger partial charge in [-0.15, -0.1) is 0 Å². The fourth-order valence-corrected chi connectivity index (χ4v) is 1.94. The van der Waals surface area contributed by atoms with Crippen LogP contribution in [0.5, 0.6) is 5.75 Å². The van der Waals surface area contributed by atoms with Gasteiger partial charge in [-0.05, 0) is 50.8 Å². The molecule has 1 aromatic carbocycles. The second-order valence-corrected chi connectivity index (χ2v) is 6.95. The lowest BCUT2D eigenvalue weighted by Gasteiger charge is -2.26. The molecule has 3 nitrogen and oxygen atoms in total. The summed E-state index contributed by atoms with van der Waals surface area (Å²) >= 11 is 0. The molecule has 1 N–H and O–H groups in total. The van der Waals surface area contributed by atoms with E-state index in [0.29, 0.717) is 5.92 Å². The van der Waals surface area contributed by atoms with Crippen LogP contribution in [0.2, 0.25) is 0 Å². The Balaban J connectivity index is 2.69. The van der Waals surface area contributed by atoms with Crippen LogP contribution in [0, 0.1) is 5.92 Å². The molecular formula is C18H31NO2. The number of nitrogens with one attached hydrogen (secondary N) is 1. The molecule has 0 bridgehead atoms. The number of ether oxygens (including phenoxy) is 2. The molecule has 0 aliphatic rings. The van der Waals surface area contributed by atoms with E-state index in [-0.39, 0.29) is 11.6 Å². The summed E-state index contributed by atoms with van der Waals surface area (Å²) in [6.45, 7) is 12.6. The molecule has 0 fully saturated rings. The quantitative estimate of drug-likeness (QED) is 0.779. The van der Waals surface area contributed by atoms with Crippen LogP contribution in [0.1, 0.15) is 52.7 Å². The lowest BCUT2D eigenvalue weighted by molar-refractivity contribution is 0.0417. The number of hydrogen-bond donors (Lipinski definition) is 1. The summed E-state index contributed by atoms with van der Waals surface area (Å²) < 4.78 is 11.3. The maximum absolute atomic E-state index is 6.10. The molecule has 0 radical (unpaired) electrons. The first-order valence-electron chi connectivity index (χ1n) is 7.82. The molecule has 0 aliphatic heterocycles. The van der Waals surface area contributed by atoms with E-state index in [4.69, 9.17) is 9.47 Å². The summed E-state index contributed by atoms with van der Waals surface area (Å²) in [6.07, 6.45) is 1.16. The summed E-state index contributed by atoms with van der Waals surface area (Å²) in [5, 5.41) is 3.53. The molecule has 120 valence electrons. The minimum absolute atomic E-state index is 0.0777. The summed E-state index contributed by atoms with van der Waals surface area (Å²) in [6, 6.07) is 8.16. The highest BCUT2D eigenvalue weighted by atomic mass is 16.5. The molecule has 1 atom stereocenters. The number of methoxy groups -OCH3 is 1. The van der Waals surface area contributed by atoms with Crippen molar-refractivity contribution in [2.75, 3.05) is 20.3 Å². The Hall–Kier alpha value is -1.06. The van der Waals surface area contributed by atoms with Crippen LogP contribution in [-0.2, 0) is 4.74 Å². The molecule has 0 saturated carbocycles. The van der Waals surface area contributed by atoms with Gasteiger partial charge >= 0.3 is 0 Å². The summed E-state index contributed by atoms with van der Waals surface area (Å²) in [4.78, 5) is 0. The van der Waals surface area contributed by atoms with Gasteiger partial charge in [0.2, 0.25) is 0 Å². The van der Waals surface area contributed by atoms with Gasteiger partial charge < -0.3 is 14.8 Å². The van der Waals surface area contributed by atoms with Gasteiger partial charge in [-0.3, -0.25) is 0 Å². The van der Waals surface area contributed by atoms with Crippen LogP contribution in [0.25, 0.3) is 0 Å². The topological polar surface area (TPSA) is 30.5 Å². The zero-order valence-corrected chi connectivity index (χ0v) is 14.4. The van der Waals surface area contributed by atoms with Crippen LogP contribution in [-0.4, -0.2) is 25.8 Å². The zero-order valence-electron chi connectivity index (χ0n) is 14.4. The van der Waals surface area contributed by atoms with E-state index in [2.05, 4.69) is 52.1 Å². The van der Waals surface area contributed by atoms with Crippen molar-refractivity contribution in [3.8, 4) is 5.75 Å². The predicted octanol–water partition coefficient (Wildman–Crippen LogP) is 4.19.